The monoisotopic (exact) mass is 340 g/mol. The third-order valence-corrected chi connectivity index (χ3v) is 5.27. The fraction of sp³-hybridized carbons (Fsp3) is 0.562. The molecule has 1 atom stereocenters. The molecule has 0 radical (unpaired) electrons. The molecule has 1 aromatic rings. The largest absolute Gasteiger partial charge is 0.492 e. The van der Waals surface area contributed by atoms with E-state index in [1.54, 1.807) is 11.9 Å². The van der Waals surface area contributed by atoms with Crippen LogP contribution in [0.5, 0.6) is 5.75 Å². The number of nitrogens with zero attached hydrogens (tertiary/aromatic N) is 2. The molecule has 23 heavy (non-hydrogen) atoms. The molecule has 1 saturated heterocycles. The zero-order chi connectivity index (χ0) is 16.9. The lowest BCUT2D eigenvalue weighted by Gasteiger charge is -2.34. The summed E-state index contributed by atoms with van der Waals surface area (Å²) in [6.07, 6.45) is 3.42. The molecule has 1 heterocycles. The highest BCUT2D eigenvalue weighted by Gasteiger charge is 2.35. The van der Waals surface area contributed by atoms with Gasteiger partial charge in [-0.3, -0.25) is 4.79 Å². The van der Waals surface area contributed by atoms with E-state index in [0.29, 0.717) is 26.1 Å². The number of likely N-dealkylation sites (N-methyl/N-ethyl adjacent to an activating group) is 1. The van der Waals surface area contributed by atoms with Crippen molar-refractivity contribution in [3.63, 3.8) is 0 Å². The second kappa shape index (κ2) is 7.79. The smallest absolute Gasteiger partial charge is 0.240 e. The number of carbonyl (C=O) groups excluding carboxylic acids is 1. The van der Waals surface area contributed by atoms with Crippen molar-refractivity contribution in [3.8, 4) is 5.75 Å². The number of benzene rings is 1. The Morgan fingerprint density at radius 3 is 2.65 bits per heavy atom. The molecule has 0 aromatic heterocycles. The van der Waals surface area contributed by atoms with Crippen molar-refractivity contribution >= 4 is 15.9 Å². The standard InChI is InChI=1S/C16H24N2O4S/c1-17(12-13-22-14-8-4-3-5-9-14)16(19)15-10-6-7-11-18(15)23(2,20)21/h3-5,8-9,15H,6-7,10-13H2,1-2H3. The number of amides is 1. The van der Waals surface area contributed by atoms with Gasteiger partial charge in [0, 0.05) is 13.6 Å². The van der Waals surface area contributed by atoms with E-state index in [1.165, 1.54) is 4.31 Å². The number of sulfonamides is 1. The Morgan fingerprint density at radius 2 is 2.00 bits per heavy atom. The maximum absolute atomic E-state index is 12.6. The number of piperidine rings is 1. The van der Waals surface area contributed by atoms with E-state index in [-0.39, 0.29) is 5.91 Å². The van der Waals surface area contributed by atoms with Gasteiger partial charge in [-0.2, -0.15) is 4.31 Å². The maximum atomic E-state index is 12.6. The van der Waals surface area contributed by atoms with Crippen LogP contribution >= 0.6 is 0 Å². The van der Waals surface area contributed by atoms with E-state index in [2.05, 4.69) is 0 Å². The minimum Gasteiger partial charge on any atom is -0.492 e. The first-order valence-corrected chi connectivity index (χ1v) is 9.64. The summed E-state index contributed by atoms with van der Waals surface area (Å²) in [6.45, 7) is 1.21. The Bertz CT molecular complexity index is 618. The quantitative estimate of drug-likeness (QED) is 0.784. The van der Waals surface area contributed by atoms with Gasteiger partial charge in [0.25, 0.3) is 0 Å². The van der Waals surface area contributed by atoms with Gasteiger partial charge in [0.05, 0.1) is 12.8 Å². The number of hydrogen-bond donors (Lipinski definition) is 0. The molecule has 1 unspecified atom stereocenters. The predicted octanol–water partition coefficient (Wildman–Crippen LogP) is 1.34. The minimum atomic E-state index is -3.36. The molecule has 7 heteroatoms. The van der Waals surface area contributed by atoms with Crippen LogP contribution in [0, 0.1) is 0 Å². The maximum Gasteiger partial charge on any atom is 0.240 e. The van der Waals surface area contributed by atoms with Crippen LogP contribution in [0.25, 0.3) is 0 Å². The van der Waals surface area contributed by atoms with Gasteiger partial charge in [-0.25, -0.2) is 8.42 Å². The van der Waals surface area contributed by atoms with E-state index in [9.17, 15) is 13.2 Å². The van der Waals surface area contributed by atoms with Gasteiger partial charge in [0.15, 0.2) is 0 Å². The summed E-state index contributed by atoms with van der Waals surface area (Å²) in [5.41, 5.74) is 0. The fourth-order valence-corrected chi connectivity index (χ4v) is 3.85. The number of carbonyl (C=O) groups is 1. The summed E-state index contributed by atoms with van der Waals surface area (Å²) in [4.78, 5) is 14.1. The second-order valence-corrected chi connectivity index (χ2v) is 7.74. The van der Waals surface area contributed by atoms with Crippen LogP contribution in [0.3, 0.4) is 0 Å². The molecule has 0 bridgehead atoms. The summed E-state index contributed by atoms with van der Waals surface area (Å²) in [6, 6.07) is 8.81. The van der Waals surface area contributed by atoms with Crippen molar-refractivity contribution in [2.75, 3.05) is 33.0 Å². The van der Waals surface area contributed by atoms with Gasteiger partial charge in [0.1, 0.15) is 18.4 Å². The van der Waals surface area contributed by atoms with E-state index in [4.69, 9.17) is 4.74 Å². The molecule has 1 aliphatic heterocycles. The molecular weight excluding hydrogens is 316 g/mol. The van der Waals surface area contributed by atoms with Crippen molar-refractivity contribution in [2.24, 2.45) is 0 Å². The van der Waals surface area contributed by atoms with Crippen molar-refractivity contribution < 1.29 is 17.9 Å². The molecule has 2 rings (SSSR count). The van der Waals surface area contributed by atoms with Crippen LogP contribution in [0.1, 0.15) is 19.3 Å². The molecule has 0 N–H and O–H groups in total. The van der Waals surface area contributed by atoms with Gasteiger partial charge in [-0.15, -0.1) is 0 Å². The summed E-state index contributed by atoms with van der Waals surface area (Å²) >= 11 is 0. The van der Waals surface area contributed by atoms with Gasteiger partial charge in [-0.1, -0.05) is 24.6 Å². The molecule has 1 aromatic carbocycles. The lowest BCUT2D eigenvalue weighted by Crippen LogP contribution is -2.52. The summed E-state index contributed by atoms with van der Waals surface area (Å²) in [5, 5.41) is 0. The Morgan fingerprint density at radius 1 is 1.30 bits per heavy atom. The van der Waals surface area contributed by atoms with Crippen LogP contribution < -0.4 is 4.74 Å². The van der Waals surface area contributed by atoms with Crippen molar-refractivity contribution in [3.05, 3.63) is 30.3 Å². The van der Waals surface area contributed by atoms with E-state index in [1.807, 2.05) is 30.3 Å². The second-order valence-electron chi connectivity index (χ2n) is 5.81. The Labute approximate surface area is 138 Å². The normalized spacial score (nSPS) is 19.3. The molecule has 1 amide bonds. The van der Waals surface area contributed by atoms with Gasteiger partial charge in [0.2, 0.25) is 15.9 Å². The van der Waals surface area contributed by atoms with Crippen LogP contribution in [-0.2, 0) is 14.8 Å². The summed E-state index contributed by atoms with van der Waals surface area (Å²) < 4.78 is 30.6. The van der Waals surface area contributed by atoms with E-state index >= 15 is 0 Å². The zero-order valence-corrected chi connectivity index (χ0v) is 14.5. The third kappa shape index (κ3) is 4.94. The molecular formula is C16H24N2O4S. The molecule has 0 saturated carbocycles. The minimum absolute atomic E-state index is 0.160. The van der Waals surface area contributed by atoms with Crippen LogP contribution in [0.4, 0.5) is 0 Å². The SMILES string of the molecule is CN(CCOc1ccccc1)C(=O)C1CCCCN1S(C)(=O)=O. The average molecular weight is 340 g/mol. The highest BCUT2D eigenvalue weighted by Crippen LogP contribution is 2.21. The Balaban J connectivity index is 1.90. The van der Waals surface area contributed by atoms with Crippen LogP contribution in [0.15, 0.2) is 30.3 Å². The van der Waals surface area contributed by atoms with Crippen molar-refractivity contribution in [1.82, 2.24) is 9.21 Å². The Hall–Kier alpha value is -1.60. The summed E-state index contributed by atoms with van der Waals surface area (Å²) in [5.74, 6) is 0.593. The van der Waals surface area contributed by atoms with Crippen molar-refractivity contribution in [1.29, 1.82) is 0 Å². The lowest BCUT2D eigenvalue weighted by atomic mass is 10.0. The zero-order valence-electron chi connectivity index (χ0n) is 13.6. The number of para-hydroxylation sites is 1. The summed E-state index contributed by atoms with van der Waals surface area (Å²) in [7, 11) is -1.68. The van der Waals surface area contributed by atoms with Crippen LogP contribution in [-0.4, -0.2) is 62.6 Å². The third-order valence-electron chi connectivity index (χ3n) is 3.98. The van der Waals surface area contributed by atoms with Gasteiger partial charge in [-0.05, 0) is 25.0 Å². The van der Waals surface area contributed by atoms with Gasteiger partial charge >= 0.3 is 0 Å². The first-order chi connectivity index (χ1) is 10.9. The molecule has 1 fully saturated rings. The van der Waals surface area contributed by atoms with Gasteiger partial charge < -0.3 is 9.64 Å². The highest BCUT2D eigenvalue weighted by atomic mass is 32.2. The van der Waals surface area contributed by atoms with E-state index < -0.39 is 16.1 Å². The molecule has 128 valence electrons. The molecule has 0 aliphatic carbocycles. The lowest BCUT2D eigenvalue weighted by molar-refractivity contribution is -0.135. The Kier molecular flexibility index (Phi) is 6.01. The van der Waals surface area contributed by atoms with Crippen LogP contribution in [0.2, 0.25) is 0 Å². The predicted molar refractivity (Wildman–Crippen MR) is 88.8 cm³/mol. The average Bonchev–Trinajstić information content (AvgIpc) is 2.54. The molecule has 1 aliphatic rings. The van der Waals surface area contributed by atoms with E-state index in [0.717, 1.165) is 24.8 Å². The molecule has 6 nitrogen and oxygen atoms in total. The number of hydrogen-bond acceptors (Lipinski definition) is 4. The molecule has 0 spiro atoms. The van der Waals surface area contributed by atoms with Crippen molar-refractivity contribution in [2.45, 2.75) is 25.3 Å². The first-order valence-electron chi connectivity index (χ1n) is 7.79. The topological polar surface area (TPSA) is 66.9 Å². The fourth-order valence-electron chi connectivity index (χ4n) is 2.73. The number of ether oxygens (including phenoxy) is 1. The first kappa shape index (κ1) is 17.7. The highest BCUT2D eigenvalue weighted by molar-refractivity contribution is 7.88. The number of rotatable bonds is 6.